The lowest BCUT2D eigenvalue weighted by molar-refractivity contribution is 0.0981. The molecule has 30 heavy (non-hydrogen) atoms. The summed E-state index contributed by atoms with van der Waals surface area (Å²) in [5.41, 5.74) is 2.08. The fraction of sp³-hybridized carbons (Fsp3) is 0.143. The van der Waals surface area contributed by atoms with Gasteiger partial charge >= 0.3 is 0 Å². The van der Waals surface area contributed by atoms with Crippen LogP contribution < -0.4 is 14.2 Å². The summed E-state index contributed by atoms with van der Waals surface area (Å²) < 4.78 is 36.0. The third-order valence-corrected chi connectivity index (χ3v) is 4.93. The summed E-state index contributed by atoms with van der Waals surface area (Å²) in [6.07, 6.45) is 0.918. The number of amides is 1. The number of aryl methyl sites for hydroxylation is 1. The smallest absolute Gasteiger partial charge is 0.264 e. The Kier molecular flexibility index (Phi) is 6.28. The van der Waals surface area contributed by atoms with Crippen molar-refractivity contribution in [1.29, 1.82) is 0 Å². The van der Waals surface area contributed by atoms with Crippen molar-refractivity contribution in [2.75, 3.05) is 13.4 Å². The molecule has 1 N–H and O–H groups in total. The Labute approximate surface area is 179 Å². The Morgan fingerprint density at radius 2 is 1.73 bits per heavy atom. The summed E-state index contributed by atoms with van der Waals surface area (Å²) >= 11 is 5.93. The van der Waals surface area contributed by atoms with Gasteiger partial charge in [-0.2, -0.15) is 0 Å². The van der Waals surface area contributed by atoms with E-state index in [0.29, 0.717) is 39.2 Å². The lowest BCUT2D eigenvalue weighted by Crippen LogP contribution is -2.29. The number of carbonyl (C=O) groups is 1. The highest BCUT2D eigenvalue weighted by molar-refractivity contribution is 7.89. The van der Waals surface area contributed by atoms with Crippen molar-refractivity contribution >= 4 is 27.5 Å². The summed E-state index contributed by atoms with van der Waals surface area (Å²) in [6, 6.07) is 15.0. The van der Waals surface area contributed by atoms with Crippen molar-refractivity contribution < 1.29 is 22.7 Å². The molecule has 1 aromatic heterocycles. The molecule has 156 valence electrons. The van der Waals surface area contributed by atoms with Gasteiger partial charge < -0.3 is 9.47 Å². The molecule has 3 aromatic rings. The van der Waals surface area contributed by atoms with Crippen molar-refractivity contribution in [3.05, 3.63) is 70.9 Å². The molecule has 0 radical (unpaired) electrons. The van der Waals surface area contributed by atoms with Crippen LogP contribution >= 0.6 is 11.6 Å². The van der Waals surface area contributed by atoms with Crippen LogP contribution in [0.5, 0.6) is 17.4 Å². The molecule has 7 nitrogen and oxygen atoms in total. The minimum absolute atomic E-state index is 0.161. The topological polar surface area (TPSA) is 94.6 Å². The second-order valence-corrected chi connectivity index (χ2v) is 8.64. The number of pyridine rings is 1. The van der Waals surface area contributed by atoms with Crippen LogP contribution in [0.1, 0.15) is 16.1 Å². The lowest BCUT2D eigenvalue weighted by Gasteiger charge is -2.15. The summed E-state index contributed by atoms with van der Waals surface area (Å²) in [5, 5.41) is 0.575. The number of hydrogen-bond donors (Lipinski definition) is 1. The average molecular weight is 447 g/mol. The van der Waals surface area contributed by atoms with Gasteiger partial charge in [-0.05, 0) is 55.5 Å². The monoisotopic (exact) mass is 446 g/mol. The van der Waals surface area contributed by atoms with Gasteiger partial charge in [-0.3, -0.25) is 4.79 Å². The van der Waals surface area contributed by atoms with Gasteiger partial charge in [-0.15, -0.1) is 0 Å². The largest absolute Gasteiger partial charge is 0.481 e. The number of nitrogens with zero attached hydrogens (tertiary/aromatic N) is 1. The molecule has 0 unspecified atom stereocenters. The van der Waals surface area contributed by atoms with Crippen LogP contribution in [-0.4, -0.2) is 32.7 Å². The highest BCUT2D eigenvalue weighted by Crippen LogP contribution is 2.36. The first-order chi connectivity index (χ1) is 14.2. The molecule has 0 aliphatic carbocycles. The number of carbonyl (C=O) groups excluding carboxylic acids is 1. The van der Waals surface area contributed by atoms with E-state index in [4.69, 9.17) is 21.1 Å². The number of methoxy groups -OCH3 is 1. The maximum absolute atomic E-state index is 12.4. The van der Waals surface area contributed by atoms with E-state index in [2.05, 4.69) is 4.98 Å². The standard InChI is InChI=1S/C21H19ClN2O5S/c1-13-17(9-11-20(23-13)28-2)18-12-14(21(25)24-30(3,26)27)4-10-19(18)29-16-7-5-15(22)6-8-16/h4-12H,1-3H3,(H,24,25). The van der Waals surface area contributed by atoms with Crippen molar-refractivity contribution in [2.45, 2.75) is 6.92 Å². The first kappa shape index (κ1) is 21.6. The number of benzene rings is 2. The molecular weight excluding hydrogens is 428 g/mol. The van der Waals surface area contributed by atoms with E-state index in [1.165, 1.54) is 13.2 Å². The zero-order chi connectivity index (χ0) is 21.9. The minimum Gasteiger partial charge on any atom is -0.481 e. The molecule has 9 heteroatoms. The van der Waals surface area contributed by atoms with Crippen LogP contribution in [0.2, 0.25) is 5.02 Å². The molecule has 3 rings (SSSR count). The average Bonchev–Trinajstić information content (AvgIpc) is 2.68. The number of ether oxygens (including phenoxy) is 2. The third-order valence-electron chi connectivity index (χ3n) is 4.12. The van der Waals surface area contributed by atoms with Gasteiger partial charge in [-0.1, -0.05) is 11.6 Å². The Balaban J connectivity index is 2.09. The van der Waals surface area contributed by atoms with Gasteiger partial charge in [0.15, 0.2) is 0 Å². The highest BCUT2D eigenvalue weighted by Gasteiger charge is 2.17. The van der Waals surface area contributed by atoms with Crippen LogP contribution in [0.4, 0.5) is 0 Å². The van der Waals surface area contributed by atoms with Gasteiger partial charge in [0, 0.05) is 33.5 Å². The minimum atomic E-state index is -3.70. The number of aromatic nitrogens is 1. The van der Waals surface area contributed by atoms with Crippen molar-refractivity contribution in [1.82, 2.24) is 9.71 Å². The van der Waals surface area contributed by atoms with Gasteiger partial charge in [-0.25, -0.2) is 18.1 Å². The molecule has 0 saturated heterocycles. The van der Waals surface area contributed by atoms with E-state index in [1.54, 1.807) is 55.5 Å². The van der Waals surface area contributed by atoms with Crippen LogP contribution in [-0.2, 0) is 10.0 Å². The third kappa shape index (κ3) is 5.28. The van der Waals surface area contributed by atoms with E-state index < -0.39 is 15.9 Å². The molecule has 1 amide bonds. The predicted molar refractivity (Wildman–Crippen MR) is 115 cm³/mol. The van der Waals surface area contributed by atoms with Gasteiger partial charge in [0.05, 0.1) is 13.4 Å². The maximum atomic E-state index is 12.4. The maximum Gasteiger partial charge on any atom is 0.264 e. The van der Waals surface area contributed by atoms with Crippen LogP contribution in [0.15, 0.2) is 54.6 Å². The molecular formula is C21H19ClN2O5S. The number of nitrogens with one attached hydrogen (secondary N) is 1. The zero-order valence-corrected chi connectivity index (χ0v) is 18.0. The predicted octanol–water partition coefficient (Wildman–Crippen LogP) is 4.20. The van der Waals surface area contributed by atoms with E-state index in [1.807, 2.05) is 4.72 Å². The molecule has 0 spiro atoms. The molecule has 0 saturated carbocycles. The Morgan fingerprint density at radius 3 is 2.33 bits per heavy atom. The summed E-state index contributed by atoms with van der Waals surface area (Å²) in [7, 11) is -2.18. The lowest BCUT2D eigenvalue weighted by atomic mass is 10.0. The number of hydrogen-bond acceptors (Lipinski definition) is 6. The summed E-state index contributed by atoms with van der Waals surface area (Å²) in [5.74, 6) is 0.717. The summed E-state index contributed by atoms with van der Waals surface area (Å²) in [4.78, 5) is 16.7. The molecule has 0 aliphatic rings. The Hall–Kier alpha value is -3.10. The van der Waals surface area contributed by atoms with Crippen LogP contribution in [0, 0.1) is 6.92 Å². The zero-order valence-electron chi connectivity index (χ0n) is 16.5. The fourth-order valence-corrected chi connectivity index (χ4v) is 3.34. The van der Waals surface area contributed by atoms with Gasteiger partial charge in [0.25, 0.3) is 5.91 Å². The molecule has 0 atom stereocenters. The number of halogens is 1. The normalized spacial score (nSPS) is 11.1. The second-order valence-electron chi connectivity index (χ2n) is 6.46. The van der Waals surface area contributed by atoms with E-state index >= 15 is 0 Å². The van der Waals surface area contributed by atoms with Crippen LogP contribution in [0.25, 0.3) is 11.1 Å². The van der Waals surface area contributed by atoms with E-state index in [0.717, 1.165) is 6.26 Å². The Morgan fingerprint density at radius 1 is 1.03 bits per heavy atom. The molecule has 0 aliphatic heterocycles. The van der Waals surface area contributed by atoms with E-state index in [-0.39, 0.29) is 5.56 Å². The molecule has 1 heterocycles. The first-order valence-electron chi connectivity index (χ1n) is 8.78. The summed E-state index contributed by atoms with van der Waals surface area (Å²) in [6.45, 7) is 1.80. The SMILES string of the molecule is COc1ccc(-c2cc(C(=O)NS(C)(=O)=O)ccc2Oc2ccc(Cl)cc2)c(C)n1. The number of rotatable bonds is 6. The van der Waals surface area contributed by atoms with Gasteiger partial charge in [0.1, 0.15) is 11.5 Å². The van der Waals surface area contributed by atoms with E-state index in [9.17, 15) is 13.2 Å². The number of sulfonamides is 1. The van der Waals surface area contributed by atoms with Crippen molar-refractivity contribution in [2.24, 2.45) is 0 Å². The van der Waals surface area contributed by atoms with Crippen LogP contribution in [0.3, 0.4) is 0 Å². The molecule has 0 bridgehead atoms. The molecule has 2 aromatic carbocycles. The fourth-order valence-electron chi connectivity index (χ4n) is 2.76. The highest BCUT2D eigenvalue weighted by atomic mass is 35.5. The van der Waals surface area contributed by atoms with Crippen molar-refractivity contribution in [3.63, 3.8) is 0 Å². The second kappa shape index (κ2) is 8.73. The quantitative estimate of drug-likeness (QED) is 0.609. The Bertz CT molecular complexity index is 1190. The van der Waals surface area contributed by atoms with Gasteiger partial charge in [0.2, 0.25) is 15.9 Å². The van der Waals surface area contributed by atoms with Crippen molar-refractivity contribution in [3.8, 4) is 28.5 Å². The molecule has 0 fully saturated rings. The first-order valence-corrected chi connectivity index (χ1v) is 11.0.